The normalized spacial score (nSPS) is 23.5. The molecule has 1 aliphatic heterocycles. The highest BCUT2D eigenvalue weighted by Gasteiger charge is 2.58. The molecule has 0 aliphatic carbocycles. The lowest BCUT2D eigenvalue weighted by Gasteiger charge is -2.39. The number of nitrogens with zero attached hydrogens (tertiary/aromatic N) is 7. The van der Waals surface area contributed by atoms with Gasteiger partial charge in [-0.15, -0.1) is 5.10 Å². The zero-order chi connectivity index (χ0) is 16.6. The molecule has 1 saturated heterocycles. The van der Waals surface area contributed by atoms with Gasteiger partial charge in [0.25, 0.3) is 0 Å². The minimum absolute atomic E-state index is 0.427. The van der Waals surface area contributed by atoms with Crippen molar-refractivity contribution in [2.24, 2.45) is 0 Å². The molecule has 0 amide bonds. The summed E-state index contributed by atoms with van der Waals surface area (Å²) in [4.78, 5) is 22.0. The lowest BCUT2D eigenvalue weighted by Crippen LogP contribution is -2.57. The molecule has 1 unspecified atom stereocenters. The van der Waals surface area contributed by atoms with Crippen LogP contribution >= 0.6 is 0 Å². The number of aliphatic carboxylic acids is 1. The molecule has 2 aromatic heterocycles. The molecule has 1 aromatic carbocycles. The molecule has 1 aliphatic rings. The van der Waals surface area contributed by atoms with Crippen molar-refractivity contribution in [1.82, 2.24) is 29.6 Å². The standard InChI is InChI=1S/C15H15N7O2/c23-14(24)15(12-4-2-1-3-5-12)13(20-10-16-8-18-20)6-7-21(15)22-11-17-9-19-22/h1-5,8-11,13H,6-7H2,(H,23,24)/t13?,15-/m0/s1. The third-order valence-corrected chi connectivity index (χ3v) is 4.45. The number of benzene rings is 1. The van der Waals surface area contributed by atoms with E-state index < -0.39 is 17.6 Å². The number of carbonyl (C=O) groups is 1. The molecule has 9 heteroatoms. The number of aromatic nitrogens is 6. The second kappa shape index (κ2) is 5.44. The number of hydrogen-bond acceptors (Lipinski definition) is 6. The Kier molecular flexibility index (Phi) is 3.26. The maximum Gasteiger partial charge on any atom is 0.338 e. The van der Waals surface area contributed by atoms with Gasteiger partial charge in [-0.1, -0.05) is 30.3 Å². The Morgan fingerprint density at radius 3 is 2.50 bits per heavy atom. The predicted molar refractivity (Wildman–Crippen MR) is 82.5 cm³/mol. The molecule has 0 saturated carbocycles. The van der Waals surface area contributed by atoms with Crippen LogP contribution in [0.5, 0.6) is 0 Å². The molecule has 3 aromatic rings. The van der Waals surface area contributed by atoms with Crippen molar-refractivity contribution in [1.29, 1.82) is 0 Å². The fraction of sp³-hybridized carbons (Fsp3) is 0.267. The van der Waals surface area contributed by atoms with Gasteiger partial charge < -0.3 is 5.11 Å². The van der Waals surface area contributed by atoms with Gasteiger partial charge in [0, 0.05) is 6.54 Å². The van der Waals surface area contributed by atoms with Crippen LogP contribution < -0.4 is 5.01 Å². The summed E-state index contributed by atoms with van der Waals surface area (Å²) in [5, 5.41) is 20.3. The van der Waals surface area contributed by atoms with Gasteiger partial charge in [-0.05, 0) is 12.0 Å². The molecule has 4 rings (SSSR count). The molecule has 1 N–H and O–H groups in total. The van der Waals surface area contributed by atoms with E-state index in [0.717, 1.165) is 0 Å². The number of carboxylic acid groups (broad SMARTS) is 1. The molecular weight excluding hydrogens is 310 g/mol. The third kappa shape index (κ3) is 1.91. The summed E-state index contributed by atoms with van der Waals surface area (Å²) in [6.07, 6.45) is 6.45. The van der Waals surface area contributed by atoms with Gasteiger partial charge in [0.2, 0.25) is 5.54 Å². The quantitative estimate of drug-likeness (QED) is 0.742. The van der Waals surface area contributed by atoms with Crippen molar-refractivity contribution in [3.63, 3.8) is 0 Å². The summed E-state index contributed by atoms with van der Waals surface area (Å²) in [5.41, 5.74) is -0.700. The Hall–Kier alpha value is -3.23. The Morgan fingerprint density at radius 1 is 1.12 bits per heavy atom. The largest absolute Gasteiger partial charge is 0.479 e. The minimum atomic E-state index is -1.36. The van der Waals surface area contributed by atoms with Crippen molar-refractivity contribution < 1.29 is 9.90 Å². The highest BCUT2D eigenvalue weighted by molar-refractivity contribution is 5.84. The van der Waals surface area contributed by atoms with Crippen molar-refractivity contribution in [2.75, 3.05) is 11.6 Å². The fourth-order valence-corrected chi connectivity index (χ4v) is 3.50. The monoisotopic (exact) mass is 325 g/mol. The van der Waals surface area contributed by atoms with Crippen LogP contribution in [0.15, 0.2) is 55.6 Å². The van der Waals surface area contributed by atoms with Crippen LogP contribution in [0.1, 0.15) is 18.0 Å². The minimum Gasteiger partial charge on any atom is -0.479 e. The van der Waals surface area contributed by atoms with Crippen LogP contribution in [-0.4, -0.2) is 47.3 Å². The molecule has 3 heterocycles. The van der Waals surface area contributed by atoms with E-state index in [4.69, 9.17) is 0 Å². The lowest BCUT2D eigenvalue weighted by atomic mass is 9.84. The first-order valence-electron chi connectivity index (χ1n) is 7.50. The highest BCUT2D eigenvalue weighted by Crippen LogP contribution is 2.45. The lowest BCUT2D eigenvalue weighted by molar-refractivity contribution is -0.146. The molecule has 0 spiro atoms. The molecule has 2 atom stereocenters. The fourth-order valence-electron chi connectivity index (χ4n) is 3.50. The molecule has 9 nitrogen and oxygen atoms in total. The van der Waals surface area contributed by atoms with Gasteiger partial charge in [0.05, 0.1) is 6.04 Å². The summed E-state index contributed by atoms with van der Waals surface area (Å²) >= 11 is 0. The van der Waals surface area contributed by atoms with Gasteiger partial charge in [-0.25, -0.2) is 19.4 Å². The van der Waals surface area contributed by atoms with E-state index in [9.17, 15) is 9.90 Å². The topological polar surface area (TPSA) is 102 Å². The Bertz CT molecular complexity index is 775. The maximum absolute atomic E-state index is 12.6. The van der Waals surface area contributed by atoms with E-state index in [0.29, 0.717) is 18.5 Å². The Balaban J connectivity index is 1.95. The van der Waals surface area contributed by atoms with Crippen molar-refractivity contribution >= 4 is 5.97 Å². The smallest absolute Gasteiger partial charge is 0.338 e. The van der Waals surface area contributed by atoms with Gasteiger partial charge in [0.1, 0.15) is 25.3 Å². The maximum atomic E-state index is 12.6. The van der Waals surface area contributed by atoms with Gasteiger partial charge in [-0.2, -0.15) is 9.89 Å². The molecular formula is C15H15N7O2. The summed E-state index contributed by atoms with van der Waals surface area (Å²) in [5.74, 6) is -0.970. The van der Waals surface area contributed by atoms with Crippen molar-refractivity contribution in [3.05, 3.63) is 61.2 Å². The van der Waals surface area contributed by atoms with Crippen LogP contribution in [0.4, 0.5) is 0 Å². The second-order valence-corrected chi connectivity index (χ2v) is 5.56. The Morgan fingerprint density at radius 2 is 1.88 bits per heavy atom. The summed E-state index contributed by atoms with van der Waals surface area (Å²) in [6, 6.07) is 8.72. The first-order valence-corrected chi connectivity index (χ1v) is 7.50. The van der Waals surface area contributed by atoms with Crippen molar-refractivity contribution in [3.8, 4) is 0 Å². The molecule has 1 fully saturated rings. The first-order chi connectivity index (χ1) is 11.7. The number of hydrogen-bond donors (Lipinski definition) is 1. The summed E-state index contributed by atoms with van der Waals surface area (Å²) < 4.78 is 1.61. The third-order valence-electron chi connectivity index (χ3n) is 4.45. The molecule has 0 bridgehead atoms. The zero-order valence-corrected chi connectivity index (χ0v) is 12.7. The van der Waals surface area contributed by atoms with E-state index in [1.54, 1.807) is 16.0 Å². The summed E-state index contributed by atoms with van der Waals surface area (Å²) in [7, 11) is 0. The van der Waals surface area contributed by atoms with Gasteiger partial charge in [-0.3, -0.25) is 5.01 Å². The second-order valence-electron chi connectivity index (χ2n) is 5.56. The van der Waals surface area contributed by atoms with E-state index in [2.05, 4.69) is 20.2 Å². The average Bonchev–Trinajstić information content (AvgIpc) is 3.34. The number of carboxylic acids is 1. The van der Waals surface area contributed by atoms with Crippen molar-refractivity contribution in [2.45, 2.75) is 18.0 Å². The predicted octanol–water partition coefficient (Wildman–Crippen LogP) is 0.433. The highest BCUT2D eigenvalue weighted by atomic mass is 16.4. The Labute approximate surface area is 137 Å². The summed E-state index contributed by atoms with van der Waals surface area (Å²) in [6.45, 7) is 0.495. The van der Waals surface area contributed by atoms with E-state index in [-0.39, 0.29) is 0 Å². The average molecular weight is 325 g/mol. The molecule has 122 valence electrons. The zero-order valence-electron chi connectivity index (χ0n) is 12.7. The van der Waals surface area contributed by atoms with Crippen LogP contribution in [0.25, 0.3) is 0 Å². The van der Waals surface area contributed by atoms with Gasteiger partial charge in [0.15, 0.2) is 0 Å². The molecule has 24 heavy (non-hydrogen) atoms. The van der Waals surface area contributed by atoms with Gasteiger partial charge >= 0.3 is 5.97 Å². The van der Waals surface area contributed by atoms with E-state index in [1.807, 2.05) is 30.3 Å². The van der Waals surface area contributed by atoms with Crippen LogP contribution in [0, 0.1) is 0 Å². The SMILES string of the molecule is O=C(O)[C@]1(c2ccccc2)C(n2cncn2)CCN1n1cncn1. The number of rotatable bonds is 4. The van der Waals surface area contributed by atoms with Crippen LogP contribution in [-0.2, 0) is 10.3 Å². The molecule has 0 radical (unpaired) electrons. The van der Waals surface area contributed by atoms with E-state index in [1.165, 1.54) is 23.8 Å². The van der Waals surface area contributed by atoms with E-state index >= 15 is 0 Å². The first kappa shape index (κ1) is 14.4. The van der Waals surface area contributed by atoms with Crippen LogP contribution in [0.3, 0.4) is 0 Å². The van der Waals surface area contributed by atoms with Crippen LogP contribution in [0.2, 0.25) is 0 Å².